The van der Waals surface area contributed by atoms with E-state index in [1.54, 1.807) is 13.0 Å². The number of piperidine rings is 1. The molecule has 2 aliphatic rings. The van der Waals surface area contributed by atoms with E-state index in [0.29, 0.717) is 43.8 Å². The molecule has 1 amide bonds. The molecule has 1 aromatic carbocycles. The highest BCUT2D eigenvalue weighted by molar-refractivity contribution is 6.39. The highest BCUT2D eigenvalue weighted by atomic mass is 16.6. The largest absolute Gasteiger partial charge is 0.508 e. The number of carbonyl (C=O) groups is 3. The molecule has 2 heterocycles. The third kappa shape index (κ3) is 9.74. The molecule has 9 nitrogen and oxygen atoms in total. The number of ether oxygens (including phenoxy) is 1. The lowest BCUT2D eigenvalue weighted by Gasteiger charge is -2.44. The van der Waals surface area contributed by atoms with Gasteiger partial charge in [0.1, 0.15) is 11.8 Å². The second-order valence-electron chi connectivity index (χ2n) is 13.1. The molecule has 250 valence electrons. The van der Waals surface area contributed by atoms with E-state index in [2.05, 4.69) is 31.2 Å². The molecule has 2 saturated heterocycles. The minimum atomic E-state index is -2.37. The Hall–Kier alpha value is -3.01. The van der Waals surface area contributed by atoms with Crippen LogP contribution in [0.5, 0.6) is 5.75 Å². The topological polar surface area (TPSA) is 145 Å². The molecular formula is C36H53NO8. The number of phenolic OH excluding ortho intramolecular Hbond substituents is 1. The third-order valence-electron chi connectivity index (χ3n) is 9.75. The molecule has 45 heavy (non-hydrogen) atoms. The van der Waals surface area contributed by atoms with Crippen LogP contribution in [0.2, 0.25) is 0 Å². The zero-order valence-electron chi connectivity index (χ0n) is 27.3. The summed E-state index contributed by atoms with van der Waals surface area (Å²) in [6.45, 7) is 7.74. The van der Waals surface area contributed by atoms with Crippen molar-refractivity contribution in [3.63, 3.8) is 0 Å². The summed E-state index contributed by atoms with van der Waals surface area (Å²) in [6, 6.07) is 6.33. The standard InChI is InChI=1S/C36H53NO8/c1-5-27(22-28-16-13-17-29(38)23-28)15-10-8-6-7-9-14-24(2)32(39)26(4)31-20-19-25(3)36(44,45-31)33(40)34(41)37-21-12-11-18-30(37)35(42)43/h7-10,13,16-17,23-27,30-32,38-39,44H,5-6,11-12,14-15,18-22H2,1-4H3,(H,42,43)/b9-7+,10-8+/t24-,25-,26+,27+,30+,31+,32+,36-/m1/s1. The smallest absolute Gasteiger partial charge is 0.326 e. The van der Waals surface area contributed by atoms with Crippen molar-refractivity contribution in [1.29, 1.82) is 0 Å². The first kappa shape index (κ1) is 36.5. The Morgan fingerprint density at radius 2 is 1.78 bits per heavy atom. The Morgan fingerprint density at radius 3 is 2.44 bits per heavy atom. The predicted molar refractivity (Wildman–Crippen MR) is 172 cm³/mol. The van der Waals surface area contributed by atoms with Gasteiger partial charge in [-0.05, 0) is 87.3 Å². The minimum absolute atomic E-state index is 0.106. The van der Waals surface area contributed by atoms with Crippen LogP contribution in [-0.4, -0.2) is 73.6 Å². The molecule has 0 aliphatic carbocycles. The van der Waals surface area contributed by atoms with E-state index >= 15 is 0 Å². The molecule has 3 rings (SSSR count). The molecule has 2 aliphatic heterocycles. The van der Waals surface area contributed by atoms with Crippen molar-refractivity contribution in [2.24, 2.45) is 23.7 Å². The van der Waals surface area contributed by atoms with E-state index in [4.69, 9.17) is 4.74 Å². The number of Topliss-reactive ketones (excluding diaryl/α,β-unsaturated/α-hetero) is 1. The van der Waals surface area contributed by atoms with Gasteiger partial charge in [-0.25, -0.2) is 4.79 Å². The molecule has 0 aromatic heterocycles. The van der Waals surface area contributed by atoms with Gasteiger partial charge in [0, 0.05) is 18.4 Å². The number of aromatic hydroxyl groups is 1. The van der Waals surface area contributed by atoms with Crippen molar-refractivity contribution >= 4 is 17.7 Å². The number of aliphatic hydroxyl groups is 2. The number of benzene rings is 1. The van der Waals surface area contributed by atoms with Crippen molar-refractivity contribution in [2.75, 3.05) is 6.54 Å². The number of phenols is 1. The number of carboxylic acid groups (broad SMARTS) is 1. The van der Waals surface area contributed by atoms with Crippen LogP contribution < -0.4 is 0 Å². The van der Waals surface area contributed by atoms with Gasteiger partial charge in [0.15, 0.2) is 0 Å². The number of rotatable bonds is 15. The summed E-state index contributed by atoms with van der Waals surface area (Å²) < 4.78 is 5.94. The van der Waals surface area contributed by atoms with Gasteiger partial charge >= 0.3 is 5.97 Å². The van der Waals surface area contributed by atoms with Crippen molar-refractivity contribution < 1.29 is 39.5 Å². The Morgan fingerprint density at radius 1 is 1.07 bits per heavy atom. The lowest BCUT2D eigenvalue weighted by atomic mass is 9.80. The number of carbonyl (C=O) groups excluding carboxylic acids is 2. The second-order valence-corrected chi connectivity index (χ2v) is 13.1. The number of carboxylic acids is 1. The van der Waals surface area contributed by atoms with Gasteiger partial charge in [-0.15, -0.1) is 0 Å². The Bertz CT molecular complexity index is 1200. The fraction of sp³-hybridized carbons (Fsp3) is 0.639. The van der Waals surface area contributed by atoms with Crippen LogP contribution in [0.3, 0.4) is 0 Å². The van der Waals surface area contributed by atoms with Crippen LogP contribution in [0, 0.1) is 23.7 Å². The average molecular weight is 628 g/mol. The zero-order valence-corrected chi connectivity index (χ0v) is 27.3. The van der Waals surface area contributed by atoms with Gasteiger partial charge in [-0.2, -0.15) is 0 Å². The maximum Gasteiger partial charge on any atom is 0.326 e. The van der Waals surface area contributed by atoms with Crippen LogP contribution in [-0.2, 0) is 25.5 Å². The fourth-order valence-corrected chi connectivity index (χ4v) is 6.54. The van der Waals surface area contributed by atoms with E-state index in [1.165, 1.54) is 0 Å². The Labute approximate surface area is 268 Å². The molecule has 0 saturated carbocycles. The summed E-state index contributed by atoms with van der Waals surface area (Å²) in [4.78, 5) is 39.2. The number of aliphatic carboxylic acids is 1. The van der Waals surface area contributed by atoms with Gasteiger partial charge in [0.2, 0.25) is 5.79 Å². The number of aliphatic hydroxyl groups excluding tert-OH is 1. The number of allylic oxidation sites excluding steroid dienone is 4. The van der Waals surface area contributed by atoms with Crippen molar-refractivity contribution in [1.82, 2.24) is 4.90 Å². The Kier molecular flexibility index (Phi) is 13.8. The summed E-state index contributed by atoms with van der Waals surface area (Å²) in [7, 11) is 0. The molecule has 4 N–H and O–H groups in total. The highest BCUT2D eigenvalue weighted by Gasteiger charge is 2.53. The quantitative estimate of drug-likeness (QED) is 0.149. The van der Waals surface area contributed by atoms with Crippen LogP contribution >= 0.6 is 0 Å². The molecule has 8 atom stereocenters. The van der Waals surface area contributed by atoms with Crippen LogP contribution in [0.1, 0.15) is 91.0 Å². The van der Waals surface area contributed by atoms with Crippen LogP contribution in [0.4, 0.5) is 0 Å². The van der Waals surface area contributed by atoms with Gasteiger partial charge in [0.25, 0.3) is 11.7 Å². The molecular weight excluding hydrogens is 574 g/mol. The summed E-state index contributed by atoms with van der Waals surface area (Å²) in [5, 5.41) is 41.8. The first-order valence-electron chi connectivity index (χ1n) is 16.6. The number of likely N-dealkylation sites (tertiary alicyclic amines) is 1. The van der Waals surface area contributed by atoms with Gasteiger partial charge < -0.3 is 30.1 Å². The number of ketones is 1. The van der Waals surface area contributed by atoms with Crippen molar-refractivity contribution in [3.05, 3.63) is 54.1 Å². The molecule has 0 radical (unpaired) electrons. The van der Waals surface area contributed by atoms with Gasteiger partial charge in [-0.1, -0.05) is 70.6 Å². The van der Waals surface area contributed by atoms with Gasteiger partial charge in [0.05, 0.1) is 12.2 Å². The van der Waals surface area contributed by atoms with E-state index < -0.39 is 53.5 Å². The van der Waals surface area contributed by atoms with Crippen molar-refractivity contribution in [2.45, 2.75) is 116 Å². The van der Waals surface area contributed by atoms with Crippen LogP contribution in [0.25, 0.3) is 0 Å². The SMILES string of the molecule is CC[C@@H](C/C=C/C/C=C/C[C@@H](C)[C@H](O)[C@@H](C)[C@@H]1CC[C@@H](C)[C@](O)(C(=O)C(=O)N2CCCC[C@H]2C(=O)O)O1)Cc1cccc(O)c1. The summed E-state index contributed by atoms with van der Waals surface area (Å²) in [6.07, 6.45) is 13.9. The van der Waals surface area contributed by atoms with Crippen molar-refractivity contribution in [3.8, 4) is 5.75 Å². The summed E-state index contributed by atoms with van der Waals surface area (Å²) in [5.74, 6) is -6.07. The number of hydrogen-bond donors (Lipinski definition) is 4. The molecule has 9 heteroatoms. The lowest BCUT2D eigenvalue weighted by Crippen LogP contribution is -2.61. The third-order valence-corrected chi connectivity index (χ3v) is 9.75. The monoisotopic (exact) mass is 627 g/mol. The normalized spacial score (nSPS) is 26.9. The molecule has 2 fully saturated rings. The number of hydrogen-bond acceptors (Lipinski definition) is 7. The maximum atomic E-state index is 13.3. The molecule has 0 spiro atoms. The highest BCUT2D eigenvalue weighted by Crippen LogP contribution is 2.38. The van der Waals surface area contributed by atoms with Gasteiger partial charge in [-0.3, -0.25) is 9.59 Å². The van der Waals surface area contributed by atoms with E-state index in [1.807, 2.05) is 32.0 Å². The number of amides is 1. The van der Waals surface area contributed by atoms with Crippen LogP contribution in [0.15, 0.2) is 48.6 Å². The van der Waals surface area contributed by atoms with E-state index in [9.17, 15) is 34.8 Å². The minimum Gasteiger partial charge on any atom is -0.508 e. The predicted octanol–water partition coefficient (Wildman–Crippen LogP) is 5.42. The summed E-state index contributed by atoms with van der Waals surface area (Å²) in [5.41, 5.74) is 1.14. The maximum absolute atomic E-state index is 13.3. The first-order valence-corrected chi connectivity index (χ1v) is 16.6. The average Bonchev–Trinajstić information content (AvgIpc) is 3.03. The molecule has 0 unspecified atom stereocenters. The van der Waals surface area contributed by atoms with E-state index in [-0.39, 0.29) is 18.9 Å². The first-order chi connectivity index (χ1) is 21.4. The van der Waals surface area contributed by atoms with E-state index in [0.717, 1.165) is 36.1 Å². The molecule has 1 aromatic rings. The Balaban J connectivity index is 1.49. The fourth-order valence-electron chi connectivity index (χ4n) is 6.54. The zero-order chi connectivity index (χ0) is 33.1. The molecule has 0 bridgehead atoms. The lowest BCUT2D eigenvalue weighted by molar-refractivity contribution is -0.274. The number of nitrogens with zero attached hydrogens (tertiary/aromatic N) is 1. The summed E-state index contributed by atoms with van der Waals surface area (Å²) >= 11 is 0. The second kappa shape index (κ2) is 17.1.